The molecule has 2 aliphatic rings. The lowest BCUT2D eigenvalue weighted by Crippen LogP contribution is -2.37. The molecule has 1 aromatic rings. The molecule has 0 bridgehead atoms. The van der Waals surface area contributed by atoms with Crippen molar-refractivity contribution < 1.29 is 13.2 Å². The number of benzene rings is 1. The number of piperidine rings is 1. The van der Waals surface area contributed by atoms with Crippen molar-refractivity contribution in [3.05, 3.63) is 29.8 Å². The first-order valence-corrected chi connectivity index (χ1v) is 9.48. The summed E-state index contributed by atoms with van der Waals surface area (Å²) in [6.07, 6.45) is 2.76. The number of nitrogens with zero attached hydrogens (tertiary/aromatic N) is 2. The van der Waals surface area contributed by atoms with Gasteiger partial charge >= 0.3 is 0 Å². The number of carbonyl (C=O) groups excluding carboxylic acids is 1. The smallest absolute Gasteiger partial charge is 0.253 e. The number of amides is 1. The van der Waals surface area contributed by atoms with Gasteiger partial charge in [-0.05, 0) is 49.4 Å². The fourth-order valence-electron chi connectivity index (χ4n) is 3.09. The minimum Gasteiger partial charge on any atom is -0.339 e. The number of carbonyl (C=O) groups is 1. The van der Waals surface area contributed by atoms with Crippen molar-refractivity contribution in [3.63, 3.8) is 0 Å². The molecular formula is C16H22N2O3S. The van der Waals surface area contributed by atoms with Crippen LogP contribution in [0, 0.1) is 5.92 Å². The highest BCUT2D eigenvalue weighted by molar-refractivity contribution is 7.93. The van der Waals surface area contributed by atoms with Crippen LogP contribution >= 0.6 is 0 Å². The van der Waals surface area contributed by atoms with Gasteiger partial charge in [0.15, 0.2) is 0 Å². The van der Waals surface area contributed by atoms with E-state index >= 15 is 0 Å². The van der Waals surface area contributed by atoms with E-state index in [0.717, 1.165) is 25.9 Å². The third-order valence-electron chi connectivity index (χ3n) is 4.57. The second kappa shape index (κ2) is 5.91. The maximum absolute atomic E-state index is 12.5. The molecule has 2 saturated heterocycles. The molecule has 2 aliphatic heterocycles. The first-order chi connectivity index (χ1) is 10.5. The molecule has 0 unspecified atom stereocenters. The lowest BCUT2D eigenvalue weighted by molar-refractivity contribution is 0.0697. The van der Waals surface area contributed by atoms with Gasteiger partial charge in [0.2, 0.25) is 10.0 Å². The van der Waals surface area contributed by atoms with Crippen molar-refractivity contribution in [3.8, 4) is 0 Å². The van der Waals surface area contributed by atoms with Gasteiger partial charge in [0.05, 0.1) is 11.4 Å². The topological polar surface area (TPSA) is 57.7 Å². The summed E-state index contributed by atoms with van der Waals surface area (Å²) in [5.74, 6) is 0.939. The highest BCUT2D eigenvalue weighted by Gasteiger charge is 2.28. The van der Waals surface area contributed by atoms with Crippen LogP contribution in [0.4, 0.5) is 5.69 Å². The number of hydrogen-bond donors (Lipinski definition) is 0. The molecule has 2 heterocycles. The highest BCUT2D eigenvalue weighted by atomic mass is 32.2. The van der Waals surface area contributed by atoms with E-state index in [4.69, 9.17) is 0 Å². The molecule has 0 spiro atoms. The zero-order valence-corrected chi connectivity index (χ0v) is 13.7. The van der Waals surface area contributed by atoms with E-state index in [0.29, 0.717) is 30.1 Å². The Morgan fingerprint density at radius 2 is 1.73 bits per heavy atom. The monoisotopic (exact) mass is 322 g/mol. The van der Waals surface area contributed by atoms with Crippen LogP contribution in [-0.2, 0) is 10.0 Å². The summed E-state index contributed by atoms with van der Waals surface area (Å²) < 4.78 is 25.3. The van der Waals surface area contributed by atoms with E-state index in [1.165, 1.54) is 4.31 Å². The minimum atomic E-state index is -3.16. The van der Waals surface area contributed by atoms with Crippen LogP contribution < -0.4 is 4.31 Å². The van der Waals surface area contributed by atoms with Gasteiger partial charge in [-0.1, -0.05) is 6.92 Å². The number of hydrogen-bond acceptors (Lipinski definition) is 3. The largest absolute Gasteiger partial charge is 0.339 e. The average molecular weight is 322 g/mol. The molecule has 0 aliphatic carbocycles. The molecule has 6 heteroatoms. The fraction of sp³-hybridized carbons (Fsp3) is 0.562. The van der Waals surface area contributed by atoms with Crippen molar-refractivity contribution in [2.24, 2.45) is 5.92 Å². The molecular weight excluding hydrogens is 300 g/mol. The summed E-state index contributed by atoms with van der Waals surface area (Å²) in [7, 11) is -3.16. The van der Waals surface area contributed by atoms with Gasteiger partial charge in [0.25, 0.3) is 5.91 Å². The maximum Gasteiger partial charge on any atom is 0.253 e. The third kappa shape index (κ3) is 2.97. The molecule has 1 amide bonds. The lowest BCUT2D eigenvalue weighted by atomic mass is 9.98. The first-order valence-electron chi connectivity index (χ1n) is 7.87. The summed E-state index contributed by atoms with van der Waals surface area (Å²) in [6.45, 7) is 4.36. The van der Waals surface area contributed by atoms with Gasteiger partial charge in [-0.3, -0.25) is 9.10 Å². The quantitative estimate of drug-likeness (QED) is 0.838. The van der Waals surface area contributed by atoms with Gasteiger partial charge in [-0.15, -0.1) is 0 Å². The Kier molecular flexibility index (Phi) is 4.12. The van der Waals surface area contributed by atoms with Crippen molar-refractivity contribution in [2.75, 3.05) is 29.7 Å². The molecule has 0 atom stereocenters. The fourth-order valence-corrected chi connectivity index (χ4v) is 4.66. The van der Waals surface area contributed by atoms with Gasteiger partial charge in [-0.25, -0.2) is 8.42 Å². The van der Waals surface area contributed by atoms with Crippen molar-refractivity contribution >= 4 is 21.6 Å². The van der Waals surface area contributed by atoms with Crippen LogP contribution in [0.25, 0.3) is 0 Å². The summed E-state index contributed by atoms with van der Waals surface area (Å²) in [5, 5.41) is 0. The molecule has 2 fully saturated rings. The number of anilines is 1. The molecule has 3 rings (SSSR count). The summed E-state index contributed by atoms with van der Waals surface area (Å²) in [5.41, 5.74) is 1.29. The van der Waals surface area contributed by atoms with Gasteiger partial charge < -0.3 is 4.90 Å². The first kappa shape index (κ1) is 15.3. The predicted octanol–water partition coefficient (Wildman–Crippen LogP) is 2.10. The van der Waals surface area contributed by atoms with Crippen LogP contribution in [0.2, 0.25) is 0 Å². The van der Waals surface area contributed by atoms with Crippen LogP contribution in [0.15, 0.2) is 24.3 Å². The minimum absolute atomic E-state index is 0.0442. The van der Waals surface area contributed by atoms with Crippen molar-refractivity contribution in [2.45, 2.75) is 26.2 Å². The van der Waals surface area contributed by atoms with Gasteiger partial charge in [-0.2, -0.15) is 0 Å². The van der Waals surface area contributed by atoms with Crippen molar-refractivity contribution in [1.82, 2.24) is 4.90 Å². The summed E-state index contributed by atoms with van der Waals surface area (Å²) in [6, 6.07) is 6.96. The van der Waals surface area contributed by atoms with E-state index < -0.39 is 10.0 Å². The Morgan fingerprint density at radius 3 is 2.27 bits per heavy atom. The average Bonchev–Trinajstić information content (AvgIpc) is 2.87. The van der Waals surface area contributed by atoms with E-state index in [1.54, 1.807) is 24.3 Å². The normalized spacial score (nSPS) is 22.0. The highest BCUT2D eigenvalue weighted by Crippen LogP contribution is 2.25. The zero-order valence-electron chi connectivity index (χ0n) is 12.9. The number of likely N-dealkylation sites (tertiary alicyclic amines) is 1. The second-order valence-corrected chi connectivity index (χ2v) is 8.28. The molecule has 0 saturated carbocycles. The Labute approximate surface area is 132 Å². The maximum atomic E-state index is 12.5. The molecule has 120 valence electrons. The standard InChI is InChI=1S/C16H22N2O3S/c1-13-7-10-17(11-8-13)16(19)14-3-5-15(6-4-14)18-9-2-12-22(18,20)21/h3-6,13H,2,7-12H2,1H3. The molecule has 5 nitrogen and oxygen atoms in total. The van der Waals surface area contributed by atoms with Crippen LogP contribution in [0.5, 0.6) is 0 Å². The summed E-state index contributed by atoms with van der Waals surface area (Å²) >= 11 is 0. The third-order valence-corrected chi connectivity index (χ3v) is 6.44. The number of sulfonamides is 1. The second-order valence-electron chi connectivity index (χ2n) is 6.26. The Morgan fingerprint density at radius 1 is 1.09 bits per heavy atom. The van der Waals surface area contributed by atoms with Crippen molar-refractivity contribution in [1.29, 1.82) is 0 Å². The van der Waals surface area contributed by atoms with Gasteiger partial charge in [0.1, 0.15) is 0 Å². The van der Waals surface area contributed by atoms with E-state index in [9.17, 15) is 13.2 Å². The summed E-state index contributed by atoms with van der Waals surface area (Å²) in [4.78, 5) is 14.4. The van der Waals surface area contributed by atoms with Gasteiger partial charge in [0, 0.05) is 25.2 Å². The van der Waals surface area contributed by atoms with E-state index in [2.05, 4.69) is 6.92 Å². The zero-order chi connectivity index (χ0) is 15.7. The van der Waals surface area contributed by atoms with Crippen LogP contribution in [0.1, 0.15) is 36.5 Å². The Bertz CT molecular complexity index is 646. The Hall–Kier alpha value is -1.56. The molecule has 0 N–H and O–H groups in total. The Balaban J connectivity index is 1.73. The molecule has 22 heavy (non-hydrogen) atoms. The predicted molar refractivity (Wildman–Crippen MR) is 86.5 cm³/mol. The van der Waals surface area contributed by atoms with Crippen LogP contribution in [-0.4, -0.2) is 44.6 Å². The van der Waals surface area contributed by atoms with Crippen LogP contribution in [0.3, 0.4) is 0 Å². The molecule has 1 aromatic carbocycles. The molecule has 0 radical (unpaired) electrons. The van der Waals surface area contributed by atoms with E-state index in [1.807, 2.05) is 4.90 Å². The SMILES string of the molecule is CC1CCN(C(=O)c2ccc(N3CCCS3(=O)=O)cc2)CC1. The molecule has 0 aromatic heterocycles. The van der Waals surface area contributed by atoms with E-state index in [-0.39, 0.29) is 11.7 Å². The lowest BCUT2D eigenvalue weighted by Gasteiger charge is -2.30. The number of rotatable bonds is 2.